The number of para-hydroxylation sites is 1. The molecule has 3 aromatic carbocycles. The van der Waals surface area contributed by atoms with Gasteiger partial charge >= 0.3 is 0 Å². The zero-order chi connectivity index (χ0) is 24.4. The molecule has 2 N–H and O–H groups in total. The van der Waals surface area contributed by atoms with Crippen LogP contribution in [0.3, 0.4) is 0 Å². The number of hydrogen-bond donors (Lipinski definition) is 2. The highest BCUT2D eigenvalue weighted by Gasteiger charge is 2.41. The first-order chi connectivity index (χ1) is 17.1. The van der Waals surface area contributed by atoms with Gasteiger partial charge in [-0.3, -0.25) is 9.59 Å². The molecule has 0 fully saturated rings. The van der Waals surface area contributed by atoms with E-state index in [4.69, 9.17) is 9.84 Å². The van der Waals surface area contributed by atoms with Gasteiger partial charge in [-0.2, -0.15) is 5.10 Å². The van der Waals surface area contributed by atoms with E-state index in [-0.39, 0.29) is 11.8 Å². The quantitative estimate of drug-likeness (QED) is 0.439. The van der Waals surface area contributed by atoms with Gasteiger partial charge in [0.1, 0.15) is 17.6 Å². The van der Waals surface area contributed by atoms with E-state index in [1.54, 1.807) is 28.9 Å². The van der Waals surface area contributed by atoms with E-state index in [0.717, 1.165) is 28.3 Å². The van der Waals surface area contributed by atoms with Gasteiger partial charge < -0.3 is 15.4 Å². The van der Waals surface area contributed by atoms with Crippen molar-refractivity contribution in [3.8, 4) is 11.4 Å². The van der Waals surface area contributed by atoms with E-state index < -0.39 is 12.0 Å². The third kappa shape index (κ3) is 4.28. The number of rotatable bonds is 6. The molecule has 0 radical (unpaired) electrons. The summed E-state index contributed by atoms with van der Waals surface area (Å²) in [4.78, 5) is 26.5. The zero-order valence-electron chi connectivity index (χ0n) is 19.6. The number of carbonyl (C=O) groups is 2. The summed E-state index contributed by atoms with van der Waals surface area (Å²) in [5, 5.41) is 10.7. The molecule has 35 heavy (non-hydrogen) atoms. The lowest BCUT2D eigenvalue weighted by Gasteiger charge is -2.33. The van der Waals surface area contributed by atoms with Gasteiger partial charge in [0.25, 0.3) is 5.91 Å². The van der Waals surface area contributed by atoms with Crippen molar-refractivity contribution in [1.29, 1.82) is 0 Å². The summed E-state index contributed by atoms with van der Waals surface area (Å²) in [6.07, 6.45) is 0. The van der Waals surface area contributed by atoms with E-state index in [0.29, 0.717) is 18.0 Å². The SMILES string of the molecule is CCOc1ccc([C@@H]2c3c(C)nn(-c4ccccc4)c3NC(=O)[C@@H]2NC(=O)c2ccccc2)cc1. The van der Waals surface area contributed by atoms with Crippen molar-refractivity contribution in [2.75, 3.05) is 11.9 Å². The van der Waals surface area contributed by atoms with Gasteiger partial charge in [0.15, 0.2) is 0 Å². The molecule has 1 aliphatic heterocycles. The van der Waals surface area contributed by atoms with Crippen molar-refractivity contribution in [2.24, 2.45) is 0 Å². The Morgan fingerprint density at radius 1 is 1.00 bits per heavy atom. The van der Waals surface area contributed by atoms with E-state index in [9.17, 15) is 9.59 Å². The number of benzene rings is 3. The highest BCUT2D eigenvalue weighted by atomic mass is 16.5. The van der Waals surface area contributed by atoms with Crippen molar-refractivity contribution in [3.05, 3.63) is 107 Å². The molecular weight excluding hydrogens is 440 g/mol. The van der Waals surface area contributed by atoms with Gasteiger partial charge in [-0.25, -0.2) is 4.68 Å². The fourth-order valence-corrected chi connectivity index (χ4v) is 4.56. The molecule has 7 nitrogen and oxygen atoms in total. The van der Waals surface area contributed by atoms with Crippen molar-refractivity contribution < 1.29 is 14.3 Å². The summed E-state index contributed by atoms with van der Waals surface area (Å²) < 4.78 is 7.36. The van der Waals surface area contributed by atoms with Gasteiger partial charge in [-0.1, -0.05) is 48.5 Å². The van der Waals surface area contributed by atoms with Crippen LogP contribution in [0, 0.1) is 6.92 Å². The number of aryl methyl sites for hydroxylation is 1. The number of anilines is 1. The standard InChI is InChI=1S/C28H26N4O3/c1-3-35-22-16-14-19(15-17-22)24-23-18(2)31-32(21-12-8-5-9-13-21)26(23)30-28(34)25(24)29-27(33)20-10-6-4-7-11-20/h4-17,24-25H,3H2,1-2H3,(H,29,33)(H,30,34)/t24-,25-/m1/s1. The van der Waals surface area contributed by atoms with Crippen molar-refractivity contribution >= 4 is 17.6 Å². The first-order valence-corrected chi connectivity index (χ1v) is 11.6. The fourth-order valence-electron chi connectivity index (χ4n) is 4.56. The predicted molar refractivity (Wildman–Crippen MR) is 134 cm³/mol. The van der Waals surface area contributed by atoms with E-state index >= 15 is 0 Å². The van der Waals surface area contributed by atoms with Crippen LogP contribution >= 0.6 is 0 Å². The molecule has 4 aromatic rings. The Morgan fingerprint density at radius 2 is 1.66 bits per heavy atom. The van der Waals surface area contributed by atoms with Crippen LogP contribution < -0.4 is 15.4 Å². The first kappa shape index (κ1) is 22.4. The number of aromatic nitrogens is 2. The lowest BCUT2D eigenvalue weighted by Crippen LogP contribution is -2.50. The Labute approximate surface area is 203 Å². The average Bonchev–Trinajstić information content (AvgIpc) is 3.22. The summed E-state index contributed by atoms with van der Waals surface area (Å²) in [5.41, 5.74) is 3.87. The molecule has 0 unspecified atom stereocenters. The van der Waals surface area contributed by atoms with Gasteiger partial charge in [0.2, 0.25) is 5.91 Å². The third-order valence-corrected chi connectivity index (χ3v) is 6.15. The van der Waals surface area contributed by atoms with Crippen LogP contribution in [0.25, 0.3) is 5.69 Å². The minimum absolute atomic E-state index is 0.294. The number of ether oxygens (including phenoxy) is 1. The maximum Gasteiger partial charge on any atom is 0.251 e. The Balaban J connectivity index is 1.61. The number of nitrogens with zero attached hydrogens (tertiary/aromatic N) is 2. The molecule has 1 aromatic heterocycles. The molecular formula is C28H26N4O3. The summed E-state index contributed by atoms with van der Waals surface area (Å²) in [5.74, 6) is 0.330. The minimum atomic E-state index is -0.819. The number of carbonyl (C=O) groups excluding carboxylic acids is 2. The second-order valence-electron chi connectivity index (χ2n) is 8.38. The normalized spacial score (nSPS) is 16.8. The summed E-state index contributed by atoms with van der Waals surface area (Å²) >= 11 is 0. The molecule has 0 saturated carbocycles. The molecule has 1 aliphatic rings. The molecule has 0 saturated heterocycles. The molecule has 7 heteroatoms. The van der Waals surface area contributed by atoms with E-state index in [2.05, 4.69) is 10.6 Å². The molecule has 2 atom stereocenters. The number of fused-ring (bicyclic) bond motifs is 1. The van der Waals surface area contributed by atoms with Crippen LogP contribution in [0.1, 0.15) is 40.0 Å². The molecule has 2 amide bonds. The second kappa shape index (κ2) is 9.46. The maximum atomic E-state index is 13.5. The predicted octanol–water partition coefficient (Wildman–Crippen LogP) is 4.46. The van der Waals surface area contributed by atoms with E-state index in [1.165, 1.54) is 0 Å². The maximum absolute atomic E-state index is 13.5. The molecule has 0 bridgehead atoms. The average molecular weight is 467 g/mol. The number of hydrogen-bond acceptors (Lipinski definition) is 4. The van der Waals surface area contributed by atoms with Crippen molar-refractivity contribution in [3.63, 3.8) is 0 Å². The topological polar surface area (TPSA) is 85.2 Å². The van der Waals surface area contributed by atoms with Crippen LogP contribution in [0.5, 0.6) is 5.75 Å². The second-order valence-corrected chi connectivity index (χ2v) is 8.38. The lowest BCUT2D eigenvalue weighted by molar-refractivity contribution is -0.118. The Bertz CT molecular complexity index is 1350. The summed E-state index contributed by atoms with van der Waals surface area (Å²) in [6.45, 7) is 4.42. The Kier molecular flexibility index (Phi) is 6.06. The van der Waals surface area contributed by atoms with Crippen LogP contribution in [0.2, 0.25) is 0 Å². The molecule has 2 heterocycles. The van der Waals surface area contributed by atoms with Crippen LogP contribution in [0.4, 0.5) is 5.82 Å². The first-order valence-electron chi connectivity index (χ1n) is 11.6. The zero-order valence-corrected chi connectivity index (χ0v) is 19.6. The van der Waals surface area contributed by atoms with Crippen LogP contribution in [-0.2, 0) is 4.79 Å². The number of nitrogens with one attached hydrogen (secondary N) is 2. The Morgan fingerprint density at radius 3 is 2.31 bits per heavy atom. The summed E-state index contributed by atoms with van der Waals surface area (Å²) in [7, 11) is 0. The number of amides is 2. The fraction of sp³-hybridized carbons (Fsp3) is 0.179. The van der Waals surface area contributed by atoms with Crippen molar-refractivity contribution in [2.45, 2.75) is 25.8 Å². The monoisotopic (exact) mass is 466 g/mol. The van der Waals surface area contributed by atoms with E-state index in [1.807, 2.05) is 74.5 Å². The van der Waals surface area contributed by atoms with Gasteiger partial charge in [-0.15, -0.1) is 0 Å². The van der Waals surface area contributed by atoms with Gasteiger partial charge in [0, 0.05) is 17.0 Å². The molecule has 5 rings (SSSR count). The highest BCUT2D eigenvalue weighted by molar-refractivity contribution is 6.04. The molecule has 176 valence electrons. The van der Waals surface area contributed by atoms with Gasteiger partial charge in [0.05, 0.1) is 18.0 Å². The van der Waals surface area contributed by atoms with Gasteiger partial charge in [-0.05, 0) is 55.8 Å². The Hall–Kier alpha value is -4.39. The lowest BCUT2D eigenvalue weighted by atomic mass is 9.81. The molecule has 0 aliphatic carbocycles. The minimum Gasteiger partial charge on any atom is -0.494 e. The molecule has 0 spiro atoms. The smallest absolute Gasteiger partial charge is 0.251 e. The van der Waals surface area contributed by atoms with Crippen LogP contribution in [0.15, 0.2) is 84.9 Å². The highest BCUT2D eigenvalue weighted by Crippen LogP contribution is 2.41. The van der Waals surface area contributed by atoms with Crippen LogP contribution in [-0.4, -0.2) is 34.2 Å². The van der Waals surface area contributed by atoms with Crippen molar-refractivity contribution in [1.82, 2.24) is 15.1 Å². The summed E-state index contributed by atoms with van der Waals surface area (Å²) in [6, 6.07) is 25.4. The largest absolute Gasteiger partial charge is 0.494 e. The third-order valence-electron chi connectivity index (χ3n) is 6.15.